The van der Waals surface area contributed by atoms with Crippen LogP contribution in [-0.4, -0.2) is 19.5 Å². The van der Waals surface area contributed by atoms with Crippen LogP contribution < -0.4 is 0 Å². The van der Waals surface area contributed by atoms with Crippen molar-refractivity contribution < 1.29 is 4.42 Å². The van der Waals surface area contributed by atoms with E-state index in [0.29, 0.717) is 17.5 Å². The SMILES string of the molecule is c1ccc(-c2ccc(-c3nc(-c4ccc5ccccc5c4)nc(-c4ccc5oc6cc7ccccc7cc6c5c4-n4c5cc6ccccc6cc5c5c6ccccc6ccc54)n3)cc2)cc1. The fraction of sp³-hybridized carbons (Fsp3) is 0. The number of furan rings is 1. The summed E-state index contributed by atoms with van der Waals surface area (Å²) < 4.78 is 9.31. The Bertz CT molecular complexity index is 4280. The van der Waals surface area contributed by atoms with Gasteiger partial charge in [0.15, 0.2) is 17.5 Å². The van der Waals surface area contributed by atoms with Crippen molar-refractivity contribution in [1.82, 2.24) is 19.5 Å². The second kappa shape index (κ2) is 14.3. The van der Waals surface area contributed by atoms with Crippen LogP contribution in [0.1, 0.15) is 0 Å². The molecule has 0 fully saturated rings. The van der Waals surface area contributed by atoms with Gasteiger partial charge in [-0.15, -0.1) is 0 Å². The maximum Gasteiger partial charge on any atom is 0.166 e. The van der Waals surface area contributed by atoms with E-state index in [1.54, 1.807) is 0 Å². The number of rotatable bonds is 5. The maximum atomic E-state index is 6.86. The van der Waals surface area contributed by atoms with Crippen molar-refractivity contribution in [2.45, 2.75) is 0 Å². The lowest BCUT2D eigenvalue weighted by Crippen LogP contribution is -2.04. The Kier molecular flexibility index (Phi) is 7.91. The molecule has 14 rings (SSSR count). The summed E-state index contributed by atoms with van der Waals surface area (Å²) in [6, 6.07) is 77.6. The molecule has 0 N–H and O–H groups in total. The zero-order valence-corrected chi connectivity index (χ0v) is 35.5. The number of aromatic nitrogens is 4. The predicted molar refractivity (Wildman–Crippen MR) is 273 cm³/mol. The van der Waals surface area contributed by atoms with Crippen LogP contribution in [-0.2, 0) is 0 Å². The molecule has 0 radical (unpaired) electrons. The summed E-state index contributed by atoms with van der Waals surface area (Å²) in [6.07, 6.45) is 0. The average Bonchev–Trinajstić information content (AvgIpc) is 3.91. The number of benzene rings is 11. The second-order valence-electron chi connectivity index (χ2n) is 17.2. The summed E-state index contributed by atoms with van der Waals surface area (Å²) in [5, 5.41) is 13.7. The van der Waals surface area contributed by atoms with Gasteiger partial charge in [-0.05, 0) is 103 Å². The zero-order valence-electron chi connectivity index (χ0n) is 35.5. The first kappa shape index (κ1) is 36.5. The number of fused-ring (bicyclic) bond motifs is 11. The zero-order chi connectivity index (χ0) is 43.3. The van der Waals surface area contributed by atoms with Crippen molar-refractivity contribution in [2.24, 2.45) is 0 Å². The number of hydrogen-bond acceptors (Lipinski definition) is 4. The van der Waals surface area contributed by atoms with Crippen LogP contribution >= 0.6 is 0 Å². The lowest BCUT2D eigenvalue weighted by molar-refractivity contribution is 0.669. The highest BCUT2D eigenvalue weighted by Crippen LogP contribution is 2.46. The summed E-state index contributed by atoms with van der Waals surface area (Å²) in [7, 11) is 0. The highest BCUT2D eigenvalue weighted by atomic mass is 16.3. The number of nitrogens with zero attached hydrogens (tertiary/aromatic N) is 4. The molecule has 0 spiro atoms. The minimum atomic E-state index is 0.568. The van der Waals surface area contributed by atoms with E-state index in [2.05, 4.69) is 217 Å². The van der Waals surface area contributed by atoms with Crippen molar-refractivity contribution in [2.75, 3.05) is 0 Å². The lowest BCUT2D eigenvalue weighted by Gasteiger charge is -2.16. The van der Waals surface area contributed by atoms with Crippen LogP contribution in [0.3, 0.4) is 0 Å². The van der Waals surface area contributed by atoms with Crippen molar-refractivity contribution in [1.29, 1.82) is 0 Å². The highest BCUT2D eigenvalue weighted by molar-refractivity contribution is 6.25. The van der Waals surface area contributed by atoms with Gasteiger partial charge in [0, 0.05) is 32.8 Å². The second-order valence-corrected chi connectivity index (χ2v) is 17.2. The van der Waals surface area contributed by atoms with E-state index in [1.807, 2.05) is 6.07 Å². The molecule has 306 valence electrons. The summed E-state index contributed by atoms with van der Waals surface area (Å²) in [4.78, 5) is 16.2. The molecule has 0 unspecified atom stereocenters. The van der Waals surface area contributed by atoms with Crippen LogP contribution in [0.2, 0.25) is 0 Å². The van der Waals surface area contributed by atoms with Crippen molar-refractivity contribution in [3.8, 4) is 51.0 Å². The smallest absolute Gasteiger partial charge is 0.166 e. The average molecular weight is 841 g/mol. The predicted octanol–water partition coefficient (Wildman–Crippen LogP) is 16.1. The molecular formula is C61H36N4O. The first-order valence-corrected chi connectivity index (χ1v) is 22.3. The van der Waals surface area contributed by atoms with E-state index >= 15 is 0 Å². The highest BCUT2D eigenvalue weighted by Gasteiger charge is 2.26. The van der Waals surface area contributed by atoms with Crippen LogP contribution in [0.25, 0.3) is 138 Å². The van der Waals surface area contributed by atoms with Crippen LogP contribution in [0.4, 0.5) is 0 Å². The third kappa shape index (κ3) is 5.70. The molecule has 0 bridgehead atoms. The minimum absolute atomic E-state index is 0.568. The molecule has 5 nitrogen and oxygen atoms in total. The van der Waals surface area contributed by atoms with Crippen LogP contribution in [0.15, 0.2) is 223 Å². The van der Waals surface area contributed by atoms with Gasteiger partial charge in [0.1, 0.15) is 11.2 Å². The van der Waals surface area contributed by atoms with Crippen molar-refractivity contribution in [3.63, 3.8) is 0 Å². The largest absolute Gasteiger partial charge is 0.456 e. The van der Waals surface area contributed by atoms with Crippen LogP contribution in [0, 0.1) is 0 Å². The van der Waals surface area contributed by atoms with Gasteiger partial charge in [0.2, 0.25) is 0 Å². The van der Waals surface area contributed by atoms with Gasteiger partial charge < -0.3 is 8.98 Å². The summed E-state index contributed by atoms with van der Waals surface area (Å²) >= 11 is 0. The Labute approximate surface area is 378 Å². The first-order valence-electron chi connectivity index (χ1n) is 22.3. The monoisotopic (exact) mass is 840 g/mol. The van der Waals surface area contributed by atoms with E-state index in [0.717, 1.165) is 93.4 Å². The third-order valence-corrected chi connectivity index (χ3v) is 13.4. The molecule has 0 aliphatic carbocycles. The maximum absolute atomic E-state index is 6.86. The molecule has 5 heteroatoms. The van der Waals surface area contributed by atoms with Gasteiger partial charge in [0.05, 0.1) is 22.1 Å². The molecule has 66 heavy (non-hydrogen) atoms. The normalized spacial score (nSPS) is 11.9. The van der Waals surface area contributed by atoms with E-state index < -0.39 is 0 Å². The molecule has 0 amide bonds. The van der Waals surface area contributed by atoms with Gasteiger partial charge in [-0.2, -0.15) is 0 Å². The van der Waals surface area contributed by atoms with Gasteiger partial charge in [-0.3, -0.25) is 0 Å². The summed E-state index contributed by atoms with van der Waals surface area (Å²) in [6.45, 7) is 0. The Morgan fingerprint density at radius 3 is 1.61 bits per heavy atom. The van der Waals surface area contributed by atoms with Gasteiger partial charge in [-0.1, -0.05) is 170 Å². The Balaban J connectivity index is 1.12. The van der Waals surface area contributed by atoms with Gasteiger partial charge in [-0.25, -0.2) is 15.0 Å². The Morgan fingerprint density at radius 2 is 0.848 bits per heavy atom. The molecule has 0 aliphatic heterocycles. The molecule has 11 aromatic carbocycles. The molecular weight excluding hydrogens is 805 g/mol. The van der Waals surface area contributed by atoms with E-state index in [-0.39, 0.29) is 0 Å². The van der Waals surface area contributed by atoms with E-state index in [9.17, 15) is 0 Å². The molecule has 0 atom stereocenters. The summed E-state index contributed by atoms with van der Waals surface area (Å²) in [5.74, 6) is 1.76. The molecule has 14 aromatic rings. The molecule has 0 saturated carbocycles. The Hall–Kier alpha value is -8.93. The van der Waals surface area contributed by atoms with Crippen molar-refractivity contribution in [3.05, 3.63) is 218 Å². The van der Waals surface area contributed by atoms with Crippen LogP contribution in [0.5, 0.6) is 0 Å². The topological polar surface area (TPSA) is 56.7 Å². The molecule has 0 aliphatic rings. The molecule has 3 aromatic heterocycles. The molecule has 0 saturated heterocycles. The lowest BCUT2D eigenvalue weighted by atomic mass is 10.0. The Morgan fingerprint density at radius 1 is 0.303 bits per heavy atom. The van der Waals surface area contributed by atoms with Gasteiger partial charge in [0.25, 0.3) is 0 Å². The minimum Gasteiger partial charge on any atom is -0.456 e. The quantitative estimate of drug-likeness (QED) is 0.173. The molecule has 3 heterocycles. The standard InChI is InChI=1S/C61H36N4O/c1-2-12-37(13-3-1)39-22-25-41(26-23-39)59-62-60(47-27-24-38-14-4-5-16-42(38)32-47)64-61(63-59)49-29-31-54-57(51-34-44-18-7-9-20-46(44)36-55(51)66-54)58(49)65-52-30-28-40-15-10-11-21-48(40)56(52)50-33-43-17-6-8-19-45(43)35-53(50)65/h1-36H. The fourth-order valence-corrected chi connectivity index (χ4v) is 10.2. The summed E-state index contributed by atoms with van der Waals surface area (Å²) in [5.41, 5.74) is 9.70. The third-order valence-electron chi connectivity index (χ3n) is 13.4. The fourth-order valence-electron chi connectivity index (χ4n) is 10.2. The number of hydrogen-bond donors (Lipinski definition) is 0. The van der Waals surface area contributed by atoms with Gasteiger partial charge >= 0.3 is 0 Å². The van der Waals surface area contributed by atoms with E-state index in [4.69, 9.17) is 19.4 Å². The van der Waals surface area contributed by atoms with E-state index in [1.165, 1.54) is 26.9 Å². The van der Waals surface area contributed by atoms with Crippen molar-refractivity contribution >= 4 is 86.8 Å². The first-order chi connectivity index (χ1) is 32.7.